The molecule has 9 nitrogen and oxygen atoms in total. The molecular weight excluding hydrogens is 454 g/mol. The van der Waals surface area contributed by atoms with Gasteiger partial charge in [0.1, 0.15) is 17.3 Å². The van der Waals surface area contributed by atoms with E-state index in [1.807, 2.05) is 43.3 Å². The second-order valence-electron chi connectivity index (χ2n) is 7.90. The molecule has 2 N–H and O–H groups in total. The number of pyridine rings is 1. The second kappa shape index (κ2) is 9.48. The summed E-state index contributed by atoms with van der Waals surface area (Å²) in [7, 11) is 0. The Kier molecular flexibility index (Phi) is 5.91. The molecule has 1 amide bonds. The van der Waals surface area contributed by atoms with E-state index < -0.39 is 5.91 Å². The van der Waals surface area contributed by atoms with Crippen molar-refractivity contribution in [1.29, 1.82) is 5.26 Å². The highest BCUT2D eigenvalue weighted by Gasteiger charge is 2.20. The molecule has 0 saturated heterocycles. The fourth-order valence-electron chi connectivity index (χ4n) is 3.76. The number of nitriles is 1. The van der Waals surface area contributed by atoms with Gasteiger partial charge in [0, 0.05) is 17.3 Å². The molecule has 3 aromatic carbocycles. The van der Waals surface area contributed by atoms with E-state index in [0.29, 0.717) is 22.3 Å². The van der Waals surface area contributed by atoms with Crippen LogP contribution in [0.4, 0.5) is 17.2 Å². The minimum absolute atomic E-state index is 0.0460. The molecule has 0 bridgehead atoms. The van der Waals surface area contributed by atoms with Crippen LogP contribution in [-0.4, -0.2) is 25.8 Å². The molecule has 0 aliphatic rings. The largest absolute Gasteiger partial charge is 0.505 e. The van der Waals surface area contributed by atoms with Crippen LogP contribution in [0.1, 0.15) is 21.5 Å². The maximum atomic E-state index is 13.1. The van der Waals surface area contributed by atoms with Gasteiger partial charge in [-0.15, -0.1) is 10.2 Å². The number of aromatic hydroxyl groups is 1. The molecule has 0 atom stereocenters. The number of carbonyl (C=O) groups excluding carboxylic acids is 1. The van der Waals surface area contributed by atoms with Crippen LogP contribution in [-0.2, 0) is 0 Å². The van der Waals surface area contributed by atoms with E-state index >= 15 is 0 Å². The van der Waals surface area contributed by atoms with E-state index in [1.165, 1.54) is 10.9 Å². The van der Waals surface area contributed by atoms with Crippen LogP contribution in [0, 0.1) is 18.3 Å². The summed E-state index contributed by atoms with van der Waals surface area (Å²) in [5, 5.41) is 37.6. The molecule has 2 heterocycles. The summed E-state index contributed by atoms with van der Waals surface area (Å²) in [5.41, 5.74) is 1.85. The summed E-state index contributed by atoms with van der Waals surface area (Å²) in [6, 6.07) is 23.5. The number of nitrogens with zero attached hydrogens (tertiary/aromatic N) is 6. The van der Waals surface area contributed by atoms with E-state index in [4.69, 9.17) is 0 Å². The van der Waals surface area contributed by atoms with Gasteiger partial charge in [0.05, 0.1) is 11.8 Å². The highest BCUT2D eigenvalue weighted by molar-refractivity contribution is 6.11. The van der Waals surface area contributed by atoms with Crippen LogP contribution in [0.25, 0.3) is 16.6 Å². The molecule has 0 saturated carbocycles. The summed E-state index contributed by atoms with van der Waals surface area (Å²) < 4.78 is 1.38. The number of hydrogen-bond donors (Lipinski definition) is 2. The number of hydrogen-bond acceptors (Lipinski definition) is 7. The van der Waals surface area contributed by atoms with E-state index in [-0.39, 0.29) is 28.4 Å². The van der Waals surface area contributed by atoms with E-state index in [1.54, 1.807) is 48.7 Å². The lowest BCUT2D eigenvalue weighted by Crippen LogP contribution is -2.13. The molecule has 0 radical (unpaired) electrons. The molecule has 0 aliphatic carbocycles. The number of anilines is 1. The molecule has 2 aromatic heterocycles. The monoisotopic (exact) mass is 473 g/mol. The number of nitrogens with one attached hydrogen (secondary N) is 1. The Morgan fingerprint density at radius 2 is 1.83 bits per heavy atom. The van der Waals surface area contributed by atoms with Gasteiger partial charge in [0.25, 0.3) is 5.91 Å². The molecular formula is C27H19N7O2. The van der Waals surface area contributed by atoms with Gasteiger partial charge in [-0.25, -0.2) is 4.98 Å². The highest BCUT2D eigenvalue weighted by Crippen LogP contribution is 2.40. The minimum Gasteiger partial charge on any atom is -0.505 e. The molecule has 9 heteroatoms. The van der Waals surface area contributed by atoms with Crippen molar-refractivity contribution in [3.63, 3.8) is 0 Å². The molecule has 5 rings (SSSR count). The Morgan fingerprint density at radius 3 is 2.61 bits per heavy atom. The molecule has 36 heavy (non-hydrogen) atoms. The van der Waals surface area contributed by atoms with Crippen molar-refractivity contribution >= 4 is 33.9 Å². The number of phenolic OH excluding ortho intramolecular Hbond substituents is 1. The number of amides is 1. The Morgan fingerprint density at radius 1 is 1.06 bits per heavy atom. The first-order valence-corrected chi connectivity index (χ1v) is 11.0. The van der Waals surface area contributed by atoms with Gasteiger partial charge in [0.2, 0.25) is 0 Å². The lowest BCUT2D eigenvalue weighted by Gasteiger charge is -2.12. The predicted molar refractivity (Wildman–Crippen MR) is 135 cm³/mol. The number of para-hydroxylation sites is 1. The maximum absolute atomic E-state index is 13.1. The van der Waals surface area contributed by atoms with Gasteiger partial charge in [-0.3, -0.25) is 4.79 Å². The lowest BCUT2D eigenvalue weighted by molar-refractivity contribution is 0.102. The Labute approximate surface area is 206 Å². The summed E-state index contributed by atoms with van der Waals surface area (Å²) in [5.74, 6) is -0.214. The first kappa shape index (κ1) is 22.4. The average molecular weight is 473 g/mol. The van der Waals surface area contributed by atoms with Gasteiger partial charge in [-0.05, 0) is 42.1 Å². The zero-order valence-electron chi connectivity index (χ0n) is 19.1. The summed E-state index contributed by atoms with van der Waals surface area (Å²) in [6.07, 6.45) is 2.97. The molecule has 0 fully saturated rings. The first-order chi connectivity index (χ1) is 17.6. The first-order valence-electron chi connectivity index (χ1n) is 11.0. The number of fused-ring (bicyclic) bond motifs is 1. The molecule has 0 aliphatic heterocycles. The third kappa shape index (κ3) is 4.15. The Hall–Kier alpha value is -5.36. The van der Waals surface area contributed by atoms with Crippen molar-refractivity contribution in [2.75, 3.05) is 5.32 Å². The average Bonchev–Trinajstić information content (AvgIpc) is 3.32. The summed E-state index contributed by atoms with van der Waals surface area (Å²) in [6.45, 7) is 1.88. The van der Waals surface area contributed by atoms with Crippen LogP contribution in [0.3, 0.4) is 0 Å². The van der Waals surface area contributed by atoms with Gasteiger partial charge < -0.3 is 10.4 Å². The Bertz CT molecular complexity index is 1670. The van der Waals surface area contributed by atoms with Crippen LogP contribution in [0.5, 0.6) is 5.75 Å². The number of azo groups is 1. The van der Waals surface area contributed by atoms with Gasteiger partial charge in [0.15, 0.2) is 17.4 Å². The fraction of sp³-hybridized carbons (Fsp3) is 0.0370. The number of benzene rings is 3. The van der Waals surface area contributed by atoms with Crippen molar-refractivity contribution in [3.05, 3.63) is 102 Å². The molecule has 174 valence electrons. The van der Waals surface area contributed by atoms with Crippen molar-refractivity contribution in [1.82, 2.24) is 14.8 Å². The number of aromatic nitrogens is 3. The standard InChI is InChI=1S/C27H19N7O2/c1-17-8-2-5-11-22(17)31-27(36)21-14-18-9-3-4-10-20(18)24(25(21)35)32-33-26-19(15-28)16-30-34(26)23-12-6-7-13-29-23/h2-14,16,35H,1H3,(H,31,36)/b33-32+. The van der Waals surface area contributed by atoms with E-state index in [2.05, 4.69) is 25.6 Å². The van der Waals surface area contributed by atoms with Gasteiger partial charge in [-0.2, -0.15) is 15.0 Å². The van der Waals surface area contributed by atoms with Crippen molar-refractivity contribution in [2.24, 2.45) is 10.2 Å². The quantitative estimate of drug-likeness (QED) is 0.304. The number of carbonyl (C=O) groups is 1. The van der Waals surface area contributed by atoms with Gasteiger partial charge in [-0.1, -0.05) is 48.5 Å². The van der Waals surface area contributed by atoms with Crippen LogP contribution in [0.2, 0.25) is 0 Å². The van der Waals surface area contributed by atoms with E-state index in [0.717, 1.165) is 5.56 Å². The van der Waals surface area contributed by atoms with Crippen molar-refractivity contribution in [3.8, 4) is 17.6 Å². The van der Waals surface area contributed by atoms with E-state index in [9.17, 15) is 15.2 Å². The Balaban J connectivity index is 1.61. The lowest BCUT2D eigenvalue weighted by atomic mass is 10.0. The zero-order valence-corrected chi connectivity index (χ0v) is 19.1. The SMILES string of the molecule is Cc1ccccc1NC(=O)c1cc2ccccc2c(/N=N/c2c(C#N)cnn2-c2ccccn2)c1O. The predicted octanol–water partition coefficient (Wildman–Crippen LogP) is 5.97. The molecule has 0 spiro atoms. The third-order valence-corrected chi connectivity index (χ3v) is 5.61. The summed E-state index contributed by atoms with van der Waals surface area (Å²) >= 11 is 0. The van der Waals surface area contributed by atoms with Crippen LogP contribution >= 0.6 is 0 Å². The molecule has 0 unspecified atom stereocenters. The minimum atomic E-state index is -0.486. The summed E-state index contributed by atoms with van der Waals surface area (Å²) in [4.78, 5) is 17.4. The fourth-order valence-corrected chi connectivity index (χ4v) is 3.76. The zero-order chi connectivity index (χ0) is 25.1. The maximum Gasteiger partial charge on any atom is 0.259 e. The normalized spacial score (nSPS) is 11.0. The number of aryl methyl sites for hydroxylation is 1. The number of phenols is 1. The smallest absolute Gasteiger partial charge is 0.259 e. The third-order valence-electron chi connectivity index (χ3n) is 5.61. The van der Waals surface area contributed by atoms with Gasteiger partial charge >= 0.3 is 0 Å². The van der Waals surface area contributed by atoms with Crippen molar-refractivity contribution < 1.29 is 9.90 Å². The van der Waals surface area contributed by atoms with Crippen LogP contribution < -0.4 is 5.32 Å². The highest BCUT2D eigenvalue weighted by atomic mass is 16.3. The van der Waals surface area contributed by atoms with Crippen molar-refractivity contribution in [2.45, 2.75) is 6.92 Å². The second-order valence-corrected chi connectivity index (χ2v) is 7.90. The molecule has 5 aromatic rings. The number of rotatable bonds is 5. The topological polar surface area (TPSA) is 129 Å². The van der Waals surface area contributed by atoms with Crippen LogP contribution in [0.15, 0.2) is 95.4 Å².